The summed E-state index contributed by atoms with van der Waals surface area (Å²) in [4.78, 5) is 14.3. The summed E-state index contributed by atoms with van der Waals surface area (Å²) in [5.74, 6) is -0.0744. The molecule has 17 heavy (non-hydrogen) atoms. The third-order valence-corrected chi connectivity index (χ3v) is 3.47. The van der Waals surface area contributed by atoms with E-state index in [9.17, 15) is 4.79 Å². The Hall–Kier alpha value is -0.610. The summed E-state index contributed by atoms with van der Waals surface area (Å²) >= 11 is 0. The summed E-state index contributed by atoms with van der Waals surface area (Å²) in [6.45, 7) is 6.04. The fourth-order valence-electron chi connectivity index (χ4n) is 2.62. The Morgan fingerprint density at radius 2 is 2.24 bits per heavy atom. The number of piperidine rings is 1. The van der Waals surface area contributed by atoms with E-state index in [1.54, 1.807) is 0 Å². The highest BCUT2D eigenvalue weighted by Gasteiger charge is 2.32. The second-order valence-corrected chi connectivity index (χ2v) is 4.68. The third kappa shape index (κ3) is 3.96. The lowest BCUT2D eigenvalue weighted by atomic mass is 9.98. The molecule has 2 unspecified atom stereocenters. The molecule has 1 saturated heterocycles. The van der Waals surface area contributed by atoms with E-state index >= 15 is 0 Å². The molecule has 0 radical (unpaired) electrons. The first-order valence-electron chi connectivity index (χ1n) is 6.87. The molecule has 1 fully saturated rings. The van der Waals surface area contributed by atoms with Crippen LogP contribution in [0.2, 0.25) is 0 Å². The monoisotopic (exact) mass is 242 g/mol. The average Bonchev–Trinajstić information content (AvgIpc) is 2.36. The van der Waals surface area contributed by atoms with Crippen LogP contribution in [0, 0.1) is 0 Å². The molecule has 4 heteroatoms. The molecule has 0 saturated carbocycles. The second-order valence-electron chi connectivity index (χ2n) is 4.68. The van der Waals surface area contributed by atoms with Gasteiger partial charge in [0.15, 0.2) is 0 Å². The summed E-state index contributed by atoms with van der Waals surface area (Å²) < 4.78 is 5.18. The third-order valence-electron chi connectivity index (χ3n) is 3.47. The Balaban J connectivity index is 2.69. The zero-order valence-electron chi connectivity index (χ0n) is 11.2. The van der Waals surface area contributed by atoms with Gasteiger partial charge >= 0.3 is 5.97 Å². The fourth-order valence-corrected chi connectivity index (χ4v) is 2.62. The maximum Gasteiger partial charge on any atom is 0.323 e. The number of carbonyl (C=O) groups excluding carboxylic acids is 1. The van der Waals surface area contributed by atoms with E-state index in [-0.39, 0.29) is 12.0 Å². The van der Waals surface area contributed by atoms with Crippen molar-refractivity contribution in [3.05, 3.63) is 0 Å². The highest BCUT2D eigenvalue weighted by atomic mass is 16.5. The van der Waals surface area contributed by atoms with E-state index in [4.69, 9.17) is 10.5 Å². The molecule has 100 valence electrons. The topological polar surface area (TPSA) is 55.6 Å². The smallest absolute Gasteiger partial charge is 0.323 e. The molecule has 4 nitrogen and oxygen atoms in total. The molecule has 1 aliphatic heterocycles. The van der Waals surface area contributed by atoms with Crippen LogP contribution in [-0.4, -0.2) is 42.6 Å². The summed E-state index contributed by atoms with van der Waals surface area (Å²) in [5, 5.41) is 0. The Morgan fingerprint density at radius 3 is 2.82 bits per heavy atom. The van der Waals surface area contributed by atoms with Crippen molar-refractivity contribution in [3.63, 3.8) is 0 Å². The van der Waals surface area contributed by atoms with E-state index in [2.05, 4.69) is 11.8 Å². The molecular formula is C13H26N2O2. The van der Waals surface area contributed by atoms with Gasteiger partial charge in [-0.2, -0.15) is 0 Å². The number of nitrogens with zero attached hydrogens (tertiary/aromatic N) is 1. The van der Waals surface area contributed by atoms with Crippen molar-refractivity contribution in [2.24, 2.45) is 5.73 Å². The normalized spacial score (nSPS) is 23.4. The SMILES string of the molecule is CCCC(C(=O)OCC)N1CCCCC1CN. The average molecular weight is 242 g/mol. The van der Waals surface area contributed by atoms with Crippen LogP contribution in [0.15, 0.2) is 0 Å². The summed E-state index contributed by atoms with van der Waals surface area (Å²) in [6.07, 6.45) is 5.36. The highest BCUT2D eigenvalue weighted by molar-refractivity contribution is 5.75. The van der Waals surface area contributed by atoms with E-state index in [1.807, 2.05) is 6.92 Å². The van der Waals surface area contributed by atoms with Gasteiger partial charge in [-0.25, -0.2) is 0 Å². The van der Waals surface area contributed by atoms with Crippen molar-refractivity contribution in [1.82, 2.24) is 4.90 Å². The van der Waals surface area contributed by atoms with Gasteiger partial charge < -0.3 is 10.5 Å². The molecule has 0 bridgehead atoms. The number of carbonyl (C=O) groups is 1. The van der Waals surface area contributed by atoms with Gasteiger partial charge in [-0.15, -0.1) is 0 Å². The van der Waals surface area contributed by atoms with Gasteiger partial charge in [-0.05, 0) is 32.7 Å². The minimum Gasteiger partial charge on any atom is -0.465 e. The molecule has 0 aliphatic carbocycles. The van der Waals surface area contributed by atoms with Gasteiger partial charge in [0.1, 0.15) is 6.04 Å². The number of likely N-dealkylation sites (tertiary alicyclic amines) is 1. The van der Waals surface area contributed by atoms with Crippen LogP contribution in [0.3, 0.4) is 0 Å². The van der Waals surface area contributed by atoms with Gasteiger partial charge in [0.05, 0.1) is 6.61 Å². The first-order valence-corrected chi connectivity index (χ1v) is 6.87. The number of nitrogens with two attached hydrogens (primary N) is 1. The Morgan fingerprint density at radius 1 is 1.47 bits per heavy atom. The summed E-state index contributed by atoms with van der Waals surface area (Å²) in [6, 6.07) is 0.263. The Kier molecular flexibility index (Phi) is 6.52. The van der Waals surface area contributed by atoms with Crippen LogP contribution in [0.25, 0.3) is 0 Å². The van der Waals surface area contributed by atoms with Gasteiger partial charge in [-0.3, -0.25) is 9.69 Å². The van der Waals surface area contributed by atoms with Crippen LogP contribution in [0.1, 0.15) is 46.0 Å². The van der Waals surface area contributed by atoms with E-state index in [0.29, 0.717) is 19.2 Å². The second kappa shape index (κ2) is 7.67. The largest absolute Gasteiger partial charge is 0.465 e. The molecule has 0 amide bonds. The molecule has 1 heterocycles. The molecule has 1 aliphatic rings. The van der Waals surface area contributed by atoms with Crippen LogP contribution in [-0.2, 0) is 9.53 Å². The van der Waals surface area contributed by atoms with Gasteiger partial charge in [0.2, 0.25) is 0 Å². The van der Waals surface area contributed by atoms with Crippen molar-refractivity contribution < 1.29 is 9.53 Å². The zero-order chi connectivity index (χ0) is 12.7. The first-order chi connectivity index (χ1) is 8.24. The lowest BCUT2D eigenvalue weighted by Gasteiger charge is -2.39. The molecule has 2 N–H and O–H groups in total. The maximum absolute atomic E-state index is 12.0. The highest BCUT2D eigenvalue weighted by Crippen LogP contribution is 2.22. The van der Waals surface area contributed by atoms with Crippen LogP contribution in [0.4, 0.5) is 0 Å². The van der Waals surface area contributed by atoms with Gasteiger partial charge in [-0.1, -0.05) is 19.8 Å². The minimum absolute atomic E-state index is 0.0744. The van der Waals surface area contributed by atoms with Crippen molar-refractivity contribution in [2.75, 3.05) is 19.7 Å². The van der Waals surface area contributed by atoms with Crippen LogP contribution >= 0.6 is 0 Å². The Bertz CT molecular complexity index is 233. The molecule has 0 spiro atoms. The van der Waals surface area contributed by atoms with Crippen molar-refractivity contribution >= 4 is 5.97 Å². The standard InChI is InChI=1S/C13H26N2O2/c1-3-7-12(13(16)17-4-2)15-9-6-5-8-11(15)10-14/h11-12H,3-10,14H2,1-2H3. The lowest BCUT2D eigenvalue weighted by Crippen LogP contribution is -2.52. The van der Waals surface area contributed by atoms with Crippen molar-refractivity contribution in [1.29, 1.82) is 0 Å². The molecule has 2 atom stereocenters. The summed E-state index contributed by atoms with van der Waals surface area (Å²) in [5.41, 5.74) is 5.81. The number of hydrogen-bond acceptors (Lipinski definition) is 4. The maximum atomic E-state index is 12.0. The van der Waals surface area contributed by atoms with Crippen molar-refractivity contribution in [2.45, 2.75) is 58.0 Å². The number of rotatable bonds is 6. The fraction of sp³-hybridized carbons (Fsp3) is 0.923. The van der Waals surface area contributed by atoms with E-state index in [0.717, 1.165) is 32.2 Å². The molecular weight excluding hydrogens is 216 g/mol. The molecule has 1 rings (SSSR count). The van der Waals surface area contributed by atoms with Gasteiger partial charge in [0, 0.05) is 12.6 Å². The minimum atomic E-state index is -0.0891. The lowest BCUT2D eigenvalue weighted by molar-refractivity contribution is -0.151. The van der Waals surface area contributed by atoms with Crippen LogP contribution in [0.5, 0.6) is 0 Å². The van der Waals surface area contributed by atoms with Crippen molar-refractivity contribution in [3.8, 4) is 0 Å². The quantitative estimate of drug-likeness (QED) is 0.718. The summed E-state index contributed by atoms with van der Waals surface area (Å²) in [7, 11) is 0. The number of ether oxygens (including phenoxy) is 1. The van der Waals surface area contributed by atoms with Crippen LogP contribution < -0.4 is 5.73 Å². The van der Waals surface area contributed by atoms with Gasteiger partial charge in [0.25, 0.3) is 0 Å². The predicted octanol–water partition coefficient (Wildman–Crippen LogP) is 1.53. The Labute approximate surface area is 104 Å². The van der Waals surface area contributed by atoms with E-state index < -0.39 is 0 Å². The first kappa shape index (κ1) is 14.5. The number of esters is 1. The van der Waals surface area contributed by atoms with E-state index in [1.165, 1.54) is 6.42 Å². The molecule has 0 aromatic rings. The zero-order valence-corrected chi connectivity index (χ0v) is 11.2. The predicted molar refractivity (Wildman–Crippen MR) is 68.7 cm³/mol. The molecule has 0 aromatic heterocycles. The number of hydrogen-bond donors (Lipinski definition) is 1. The molecule has 0 aromatic carbocycles.